The first-order valence-corrected chi connectivity index (χ1v) is 7.44. The lowest BCUT2D eigenvalue weighted by Crippen LogP contribution is -2.23. The standard InChI is InChI=1S/C15H16ClF3N4/c1-3-23(4-2)13-7-8-20-14(22-13)21-12-9-10(15(17,18)19)5-6-11(12)16/h5-9H,3-4H2,1-2H3,(H,20,21,22). The molecule has 0 bridgehead atoms. The summed E-state index contributed by atoms with van der Waals surface area (Å²) in [5.74, 6) is 0.881. The molecule has 2 aromatic rings. The fraction of sp³-hybridized carbons (Fsp3) is 0.333. The van der Waals surface area contributed by atoms with Gasteiger partial charge in [-0.3, -0.25) is 0 Å². The van der Waals surface area contributed by atoms with Gasteiger partial charge in [0.15, 0.2) is 0 Å². The molecule has 0 aliphatic heterocycles. The molecule has 23 heavy (non-hydrogen) atoms. The summed E-state index contributed by atoms with van der Waals surface area (Å²) < 4.78 is 38.4. The van der Waals surface area contributed by atoms with Crippen LogP contribution in [0.15, 0.2) is 30.5 Å². The van der Waals surface area contributed by atoms with Crippen molar-refractivity contribution in [3.8, 4) is 0 Å². The monoisotopic (exact) mass is 344 g/mol. The molecule has 1 aromatic carbocycles. The zero-order valence-corrected chi connectivity index (χ0v) is 13.4. The van der Waals surface area contributed by atoms with Crippen molar-refractivity contribution in [1.82, 2.24) is 9.97 Å². The zero-order chi connectivity index (χ0) is 17.0. The van der Waals surface area contributed by atoms with Gasteiger partial charge in [0.05, 0.1) is 16.3 Å². The minimum Gasteiger partial charge on any atom is -0.357 e. The highest BCUT2D eigenvalue weighted by atomic mass is 35.5. The summed E-state index contributed by atoms with van der Waals surface area (Å²) in [5.41, 5.74) is -0.678. The van der Waals surface area contributed by atoms with E-state index < -0.39 is 11.7 Å². The third kappa shape index (κ3) is 4.25. The third-order valence-electron chi connectivity index (χ3n) is 3.27. The van der Waals surface area contributed by atoms with Crippen LogP contribution < -0.4 is 10.2 Å². The van der Waals surface area contributed by atoms with Crippen LogP contribution in [0, 0.1) is 0 Å². The summed E-state index contributed by atoms with van der Waals surface area (Å²) in [6.07, 6.45) is -2.89. The first-order valence-electron chi connectivity index (χ1n) is 7.07. The maximum absolute atomic E-state index is 12.8. The molecule has 1 aromatic heterocycles. The Morgan fingerprint density at radius 3 is 2.48 bits per heavy atom. The zero-order valence-electron chi connectivity index (χ0n) is 12.7. The minimum absolute atomic E-state index is 0.109. The van der Waals surface area contributed by atoms with E-state index in [0.717, 1.165) is 25.2 Å². The van der Waals surface area contributed by atoms with Crippen LogP contribution in [0.2, 0.25) is 5.02 Å². The van der Waals surface area contributed by atoms with Gasteiger partial charge in [-0.1, -0.05) is 11.6 Å². The maximum atomic E-state index is 12.8. The second-order valence-electron chi connectivity index (χ2n) is 4.73. The van der Waals surface area contributed by atoms with Crippen LogP contribution in [0.25, 0.3) is 0 Å². The van der Waals surface area contributed by atoms with Crippen LogP contribution in [0.3, 0.4) is 0 Å². The van der Waals surface area contributed by atoms with E-state index in [0.29, 0.717) is 5.82 Å². The van der Waals surface area contributed by atoms with Gasteiger partial charge in [0, 0.05) is 19.3 Å². The smallest absolute Gasteiger partial charge is 0.357 e. The Balaban J connectivity index is 2.31. The molecule has 0 saturated carbocycles. The van der Waals surface area contributed by atoms with Gasteiger partial charge in [-0.2, -0.15) is 18.2 Å². The van der Waals surface area contributed by atoms with Gasteiger partial charge >= 0.3 is 6.18 Å². The number of aromatic nitrogens is 2. The summed E-state index contributed by atoms with van der Waals surface area (Å²) in [6, 6.07) is 4.81. The molecule has 0 spiro atoms. The molecule has 0 amide bonds. The second-order valence-corrected chi connectivity index (χ2v) is 5.14. The first-order chi connectivity index (χ1) is 10.8. The molecular weight excluding hydrogens is 329 g/mol. The average Bonchev–Trinajstić information content (AvgIpc) is 2.50. The van der Waals surface area contributed by atoms with Crippen molar-refractivity contribution in [2.24, 2.45) is 0 Å². The van der Waals surface area contributed by atoms with Crippen molar-refractivity contribution in [3.63, 3.8) is 0 Å². The van der Waals surface area contributed by atoms with Gasteiger partial charge in [0.1, 0.15) is 5.82 Å². The van der Waals surface area contributed by atoms with Crippen molar-refractivity contribution >= 4 is 29.1 Å². The Morgan fingerprint density at radius 2 is 1.87 bits per heavy atom. The Kier molecular flexibility index (Phi) is 5.30. The molecule has 0 fully saturated rings. The molecule has 0 saturated heterocycles. The van der Waals surface area contributed by atoms with Crippen LogP contribution in [0.1, 0.15) is 19.4 Å². The van der Waals surface area contributed by atoms with Crippen LogP contribution in [0.5, 0.6) is 0 Å². The van der Waals surface area contributed by atoms with E-state index in [1.165, 1.54) is 6.07 Å². The van der Waals surface area contributed by atoms with E-state index in [2.05, 4.69) is 15.3 Å². The number of halogens is 4. The number of rotatable bonds is 5. The lowest BCUT2D eigenvalue weighted by atomic mass is 10.2. The maximum Gasteiger partial charge on any atom is 0.416 e. The molecule has 0 unspecified atom stereocenters. The van der Waals surface area contributed by atoms with E-state index in [9.17, 15) is 13.2 Å². The van der Waals surface area contributed by atoms with Gasteiger partial charge in [-0.15, -0.1) is 0 Å². The summed E-state index contributed by atoms with van der Waals surface area (Å²) in [7, 11) is 0. The van der Waals surface area contributed by atoms with E-state index >= 15 is 0 Å². The molecule has 0 aliphatic rings. The van der Waals surface area contributed by atoms with Gasteiger partial charge in [0.2, 0.25) is 5.95 Å². The quantitative estimate of drug-likeness (QED) is 0.850. The van der Waals surface area contributed by atoms with E-state index in [1.54, 1.807) is 12.3 Å². The largest absolute Gasteiger partial charge is 0.416 e. The van der Waals surface area contributed by atoms with E-state index in [-0.39, 0.29) is 16.7 Å². The van der Waals surface area contributed by atoms with Crippen molar-refractivity contribution < 1.29 is 13.2 Å². The molecule has 1 N–H and O–H groups in total. The van der Waals surface area contributed by atoms with E-state index in [4.69, 9.17) is 11.6 Å². The first kappa shape index (κ1) is 17.3. The minimum atomic E-state index is -4.44. The van der Waals surface area contributed by atoms with Crippen LogP contribution in [-0.4, -0.2) is 23.1 Å². The van der Waals surface area contributed by atoms with Gasteiger partial charge < -0.3 is 10.2 Å². The van der Waals surface area contributed by atoms with Crippen molar-refractivity contribution in [3.05, 3.63) is 41.0 Å². The Bertz CT molecular complexity index is 672. The predicted molar refractivity (Wildman–Crippen MR) is 85.3 cm³/mol. The number of hydrogen-bond acceptors (Lipinski definition) is 4. The van der Waals surface area contributed by atoms with Gasteiger partial charge in [-0.25, -0.2) is 4.98 Å². The normalized spacial score (nSPS) is 11.4. The van der Waals surface area contributed by atoms with Gasteiger partial charge in [-0.05, 0) is 38.1 Å². The average molecular weight is 345 g/mol. The second kappa shape index (κ2) is 7.04. The molecule has 1 heterocycles. The third-order valence-corrected chi connectivity index (χ3v) is 3.60. The number of alkyl halides is 3. The molecule has 0 radical (unpaired) electrons. The Hall–Kier alpha value is -2.02. The van der Waals surface area contributed by atoms with Gasteiger partial charge in [0.25, 0.3) is 0 Å². The molecule has 2 rings (SSSR count). The molecular formula is C15H16ClF3N4. The summed E-state index contributed by atoms with van der Waals surface area (Å²) >= 11 is 5.96. The lowest BCUT2D eigenvalue weighted by molar-refractivity contribution is -0.137. The highest BCUT2D eigenvalue weighted by Gasteiger charge is 2.31. The Labute approximate surface area is 137 Å². The highest BCUT2D eigenvalue weighted by Crippen LogP contribution is 2.34. The molecule has 0 aliphatic carbocycles. The highest BCUT2D eigenvalue weighted by molar-refractivity contribution is 6.33. The predicted octanol–water partition coefficient (Wildman–Crippen LogP) is 4.74. The summed E-state index contributed by atoms with van der Waals surface area (Å²) in [6.45, 7) is 5.50. The fourth-order valence-electron chi connectivity index (χ4n) is 2.05. The summed E-state index contributed by atoms with van der Waals surface area (Å²) in [5, 5.41) is 2.91. The SMILES string of the molecule is CCN(CC)c1ccnc(Nc2cc(C(F)(F)F)ccc2Cl)n1. The fourth-order valence-corrected chi connectivity index (χ4v) is 2.22. The summed E-state index contributed by atoms with van der Waals surface area (Å²) in [4.78, 5) is 10.3. The number of benzene rings is 1. The lowest BCUT2D eigenvalue weighted by Gasteiger charge is -2.20. The van der Waals surface area contributed by atoms with Crippen molar-refractivity contribution in [2.45, 2.75) is 20.0 Å². The molecule has 4 nitrogen and oxygen atoms in total. The molecule has 124 valence electrons. The number of hydrogen-bond donors (Lipinski definition) is 1. The van der Waals surface area contributed by atoms with Crippen molar-refractivity contribution in [1.29, 1.82) is 0 Å². The van der Waals surface area contributed by atoms with Crippen molar-refractivity contribution in [2.75, 3.05) is 23.3 Å². The number of anilines is 3. The number of nitrogens with one attached hydrogen (secondary N) is 1. The topological polar surface area (TPSA) is 41.1 Å². The number of nitrogens with zero attached hydrogens (tertiary/aromatic N) is 3. The van der Waals surface area contributed by atoms with Crippen LogP contribution in [-0.2, 0) is 6.18 Å². The Morgan fingerprint density at radius 1 is 1.17 bits per heavy atom. The van der Waals surface area contributed by atoms with E-state index in [1.807, 2.05) is 18.7 Å². The van der Waals surface area contributed by atoms with Crippen LogP contribution in [0.4, 0.5) is 30.6 Å². The molecule has 8 heteroatoms. The molecule has 0 atom stereocenters. The van der Waals surface area contributed by atoms with Crippen LogP contribution >= 0.6 is 11.6 Å².